The Hall–Kier alpha value is -1.42. The van der Waals surface area contributed by atoms with E-state index in [0.29, 0.717) is 18.2 Å². The van der Waals surface area contributed by atoms with E-state index in [1.165, 1.54) is 19.2 Å². The molecule has 0 aromatic heterocycles. The van der Waals surface area contributed by atoms with Crippen molar-refractivity contribution in [2.24, 2.45) is 0 Å². The van der Waals surface area contributed by atoms with Crippen LogP contribution in [0.5, 0.6) is 11.5 Å². The van der Waals surface area contributed by atoms with Crippen molar-refractivity contribution in [3.05, 3.63) is 23.8 Å². The van der Waals surface area contributed by atoms with Gasteiger partial charge in [0.2, 0.25) is 0 Å². The minimum absolute atomic E-state index is 0.0807. The minimum atomic E-state index is -0.368. The highest BCUT2D eigenvalue weighted by Crippen LogP contribution is 2.22. The van der Waals surface area contributed by atoms with Crippen molar-refractivity contribution in [3.8, 4) is 11.5 Å². The van der Waals surface area contributed by atoms with Crippen LogP contribution in [0.4, 0.5) is 0 Å². The molecule has 0 radical (unpaired) electrons. The molecule has 0 heterocycles. The second-order valence-corrected chi connectivity index (χ2v) is 3.21. The molecule has 0 fully saturated rings. The first kappa shape index (κ1) is 11.7. The number of nitrogens with one attached hydrogen (secondary N) is 1. The van der Waals surface area contributed by atoms with E-state index in [2.05, 4.69) is 5.32 Å². The summed E-state index contributed by atoms with van der Waals surface area (Å²) in [6.45, 7) is 0.358. The maximum absolute atomic E-state index is 11.5. The first-order valence-electron chi connectivity index (χ1n) is 4.40. The molecule has 1 aromatic rings. The lowest BCUT2D eigenvalue weighted by molar-refractivity contribution is 0.0953. The van der Waals surface area contributed by atoms with Crippen molar-refractivity contribution in [2.75, 3.05) is 19.5 Å². The van der Waals surface area contributed by atoms with E-state index in [4.69, 9.17) is 16.3 Å². The second-order valence-electron chi connectivity index (χ2n) is 2.83. The highest BCUT2D eigenvalue weighted by Gasteiger charge is 2.11. The van der Waals surface area contributed by atoms with Crippen molar-refractivity contribution < 1.29 is 14.6 Å². The van der Waals surface area contributed by atoms with Gasteiger partial charge in [0.1, 0.15) is 11.5 Å². The highest BCUT2D eigenvalue weighted by molar-refractivity contribution is 6.18. The van der Waals surface area contributed by atoms with Gasteiger partial charge >= 0.3 is 0 Å². The Balaban J connectivity index is 2.86. The molecule has 0 saturated heterocycles. The van der Waals surface area contributed by atoms with Gasteiger partial charge in [-0.05, 0) is 18.2 Å². The molecule has 15 heavy (non-hydrogen) atoms. The summed E-state index contributed by atoms with van der Waals surface area (Å²) >= 11 is 5.43. The van der Waals surface area contributed by atoms with Crippen molar-refractivity contribution in [2.45, 2.75) is 0 Å². The molecule has 1 aromatic carbocycles. The van der Waals surface area contributed by atoms with Crippen LogP contribution in [0.25, 0.3) is 0 Å². The van der Waals surface area contributed by atoms with E-state index in [1.54, 1.807) is 6.07 Å². The number of methoxy groups -OCH3 is 1. The number of halogens is 1. The zero-order chi connectivity index (χ0) is 11.3. The minimum Gasteiger partial charge on any atom is -0.507 e. The fourth-order valence-electron chi connectivity index (χ4n) is 1.08. The quantitative estimate of drug-likeness (QED) is 0.767. The molecule has 0 spiro atoms. The number of phenolic OH excluding ortho intramolecular Hbond substituents is 1. The molecule has 0 unspecified atom stereocenters. The molecule has 82 valence electrons. The van der Waals surface area contributed by atoms with Gasteiger partial charge in [-0.15, -0.1) is 11.6 Å². The molecular formula is C10H12ClNO3. The predicted molar refractivity (Wildman–Crippen MR) is 57.7 cm³/mol. The maximum atomic E-state index is 11.5. The molecule has 0 bridgehead atoms. The summed E-state index contributed by atoms with van der Waals surface area (Å²) in [6, 6.07) is 4.46. The first-order valence-corrected chi connectivity index (χ1v) is 4.93. The molecule has 4 nitrogen and oxygen atoms in total. The van der Waals surface area contributed by atoms with Crippen molar-refractivity contribution in [1.29, 1.82) is 0 Å². The van der Waals surface area contributed by atoms with E-state index in [1.807, 2.05) is 0 Å². The van der Waals surface area contributed by atoms with E-state index in [0.717, 1.165) is 0 Å². The number of aromatic hydroxyl groups is 1. The van der Waals surface area contributed by atoms with Crippen molar-refractivity contribution >= 4 is 17.5 Å². The van der Waals surface area contributed by atoms with Crippen LogP contribution < -0.4 is 10.1 Å². The number of rotatable bonds is 4. The number of ether oxygens (including phenoxy) is 1. The highest BCUT2D eigenvalue weighted by atomic mass is 35.5. The lowest BCUT2D eigenvalue weighted by Gasteiger charge is -2.07. The zero-order valence-corrected chi connectivity index (χ0v) is 9.04. The van der Waals surface area contributed by atoms with Gasteiger partial charge in [0.15, 0.2) is 0 Å². The maximum Gasteiger partial charge on any atom is 0.255 e. The standard InChI is InChI=1S/C10H12ClNO3/c1-15-7-2-3-9(13)8(6-7)10(14)12-5-4-11/h2-3,6,13H,4-5H2,1H3,(H,12,14). The lowest BCUT2D eigenvalue weighted by atomic mass is 10.2. The SMILES string of the molecule is COc1ccc(O)c(C(=O)NCCCl)c1. The molecule has 0 saturated carbocycles. The zero-order valence-electron chi connectivity index (χ0n) is 8.29. The molecule has 0 aliphatic heterocycles. The van der Waals surface area contributed by atoms with Gasteiger partial charge in [-0.2, -0.15) is 0 Å². The number of phenols is 1. The van der Waals surface area contributed by atoms with Gasteiger partial charge < -0.3 is 15.2 Å². The average Bonchev–Trinajstić information content (AvgIpc) is 2.26. The summed E-state index contributed by atoms with van der Waals surface area (Å²) in [6.07, 6.45) is 0. The molecule has 0 aliphatic carbocycles. The lowest BCUT2D eigenvalue weighted by Crippen LogP contribution is -2.25. The van der Waals surface area contributed by atoms with Crippen LogP contribution in [-0.2, 0) is 0 Å². The Bertz CT molecular complexity index is 355. The van der Waals surface area contributed by atoms with E-state index < -0.39 is 0 Å². The van der Waals surface area contributed by atoms with Crippen LogP contribution in [-0.4, -0.2) is 30.5 Å². The number of hydrogen-bond donors (Lipinski definition) is 2. The number of alkyl halides is 1. The fourth-order valence-corrected chi connectivity index (χ4v) is 1.17. The van der Waals surface area contributed by atoms with Gasteiger partial charge in [0.05, 0.1) is 12.7 Å². The predicted octanol–water partition coefficient (Wildman–Crippen LogP) is 1.37. The molecule has 0 atom stereocenters. The average molecular weight is 230 g/mol. The first-order chi connectivity index (χ1) is 7.19. The summed E-state index contributed by atoms with van der Waals surface area (Å²) in [7, 11) is 1.49. The van der Waals surface area contributed by atoms with Crippen LogP contribution >= 0.6 is 11.6 Å². The van der Waals surface area contributed by atoms with Gasteiger partial charge in [0.25, 0.3) is 5.91 Å². The summed E-state index contributed by atoms with van der Waals surface area (Å²) in [5, 5.41) is 12.0. The van der Waals surface area contributed by atoms with E-state index in [9.17, 15) is 9.90 Å². The van der Waals surface area contributed by atoms with Crippen LogP contribution in [0.15, 0.2) is 18.2 Å². The third-order valence-electron chi connectivity index (χ3n) is 1.83. The van der Waals surface area contributed by atoms with Crippen LogP contribution in [0, 0.1) is 0 Å². The molecule has 1 amide bonds. The van der Waals surface area contributed by atoms with Crippen molar-refractivity contribution in [3.63, 3.8) is 0 Å². The van der Waals surface area contributed by atoms with Gasteiger partial charge in [0, 0.05) is 12.4 Å². The van der Waals surface area contributed by atoms with Gasteiger partial charge in [-0.25, -0.2) is 0 Å². The number of amides is 1. The summed E-state index contributed by atoms with van der Waals surface area (Å²) in [5.41, 5.74) is 0.180. The summed E-state index contributed by atoms with van der Waals surface area (Å²) in [4.78, 5) is 11.5. The summed E-state index contributed by atoms with van der Waals surface area (Å²) in [5.74, 6) is 0.398. The molecule has 1 rings (SSSR count). The number of carbonyl (C=O) groups is 1. The molecular weight excluding hydrogens is 218 g/mol. The molecule has 0 aliphatic rings. The Labute approximate surface area is 92.8 Å². The Morgan fingerprint density at radius 2 is 2.33 bits per heavy atom. The topological polar surface area (TPSA) is 58.6 Å². The number of carbonyl (C=O) groups excluding carboxylic acids is 1. The monoisotopic (exact) mass is 229 g/mol. The smallest absolute Gasteiger partial charge is 0.255 e. The normalized spacial score (nSPS) is 9.73. The number of benzene rings is 1. The Morgan fingerprint density at radius 3 is 2.93 bits per heavy atom. The van der Waals surface area contributed by atoms with E-state index in [-0.39, 0.29) is 17.2 Å². The van der Waals surface area contributed by atoms with Crippen LogP contribution in [0.2, 0.25) is 0 Å². The molecule has 5 heteroatoms. The summed E-state index contributed by atoms with van der Waals surface area (Å²) < 4.78 is 4.95. The van der Waals surface area contributed by atoms with Gasteiger partial charge in [-0.3, -0.25) is 4.79 Å². The van der Waals surface area contributed by atoms with Crippen LogP contribution in [0.3, 0.4) is 0 Å². The largest absolute Gasteiger partial charge is 0.507 e. The van der Waals surface area contributed by atoms with Crippen LogP contribution in [0.1, 0.15) is 10.4 Å². The second kappa shape index (κ2) is 5.46. The number of hydrogen-bond acceptors (Lipinski definition) is 3. The fraction of sp³-hybridized carbons (Fsp3) is 0.300. The van der Waals surface area contributed by atoms with Crippen molar-refractivity contribution in [1.82, 2.24) is 5.32 Å². The third-order valence-corrected chi connectivity index (χ3v) is 2.02. The van der Waals surface area contributed by atoms with Gasteiger partial charge in [-0.1, -0.05) is 0 Å². The third kappa shape index (κ3) is 3.02. The Morgan fingerprint density at radius 1 is 1.60 bits per heavy atom. The van der Waals surface area contributed by atoms with E-state index >= 15 is 0 Å². The Kier molecular flexibility index (Phi) is 4.24. The molecule has 2 N–H and O–H groups in total.